The van der Waals surface area contributed by atoms with Gasteiger partial charge in [0.2, 0.25) is 0 Å². The maximum absolute atomic E-state index is 4.84. The number of rotatable bonds is 2. The van der Waals surface area contributed by atoms with Crippen LogP contribution in [0.5, 0.6) is 0 Å². The molecular weight excluding hydrogens is 302 g/mol. The van der Waals surface area contributed by atoms with E-state index >= 15 is 0 Å². The molecule has 0 saturated carbocycles. The predicted octanol–water partition coefficient (Wildman–Crippen LogP) is 3.85. The average Bonchev–Trinajstić information content (AvgIpc) is 2.76. The summed E-state index contributed by atoms with van der Waals surface area (Å²) in [4.78, 5) is 7.32. The van der Waals surface area contributed by atoms with Crippen molar-refractivity contribution in [2.24, 2.45) is 5.92 Å². The number of aromatic nitrogens is 2. The Labute approximate surface area is 122 Å². The summed E-state index contributed by atoms with van der Waals surface area (Å²) >= 11 is 3.62. The van der Waals surface area contributed by atoms with Gasteiger partial charge in [0.25, 0.3) is 0 Å². The summed E-state index contributed by atoms with van der Waals surface area (Å²) in [5.74, 6) is 1.98. The van der Waals surface area contributed by atoms with Crippen LogP contribution in [0.3, 0.4) is 0 Å². The first-order valence-electron chi connectivity index (χ1n) is 6.99. The quantitative estimate of drug-likeness (QED) is 0.783. The van der Waals surface area contributed by atoms with Crippen molar-refractivity contribution in [1.82, 2.24) is 9.38 Å². The van der Waals surface area contributed by atoms with Gasteiger partial charge in [0.15, 0.2) is 5.82 Å². The zero-order valence-electron chi connectivity index (χ0n) is 11.5. The summed E-state index contributed by atoms with van der Waals surface area (Å²) in [7, 11) is 0. The molecule has 0 spiro atoms. The molecule has 1 aliphatic rings. The molecule has 0 aromatic carbocycles. The lowest BCUT2D eigenvalue weighted by molar-refractivity contribution is 0.376. The van der Waals surface area contributed by atoms with Crippen LogP contribution in [0.15, 0.2) is 24.4 Å². The minimum atomic E-state index is 0.575. The Morgan fingerprint density at radius 1 is 1.37 bits per heavy atom. The number of hydrogen-bond acceptors (Lipinski definition) is 2. The number of nitrogens with zero attached hydrogens (tertiary/aromatic N) is 3. The molecule has 1 saturated heterocycles. The third kappa shape index (κ3) is 2.27. The van der Waals surface area contributed by atoms with Gasteiger partial charge in [-0.3, -0.25) is 0 Å². The summed E-state index contributed by atoms with van der Waals surface area (Å²) < 4.78 is 2.19. The van der Waals surface area contributed by atoms with Crippen molar-refractivity contribution in [3.05, 3.63) is 30.1 Å². The second-order valence-corrected chi connectivity index (χ2v) is 6.18. The summed E-state index contributed by atoms with van der Waals surface area (Å²) in [5.41, 5.74) is 2.30. The molecule has 0 aliphatic carbocycles. The highest BCUT2D eigenvalue weighted by molar-refractivity contribution is 9.08. The Morgan fingerprint density at radius 3 is 2.95 bits per heavy atom. The summed E-state index contributed by atoms with van der Waals surface area (Å²) in [6.45, 7) is 5.78. The van der Waals surface area contributed by atoms with E-state index in [1.54, 1.807) is 0 Å². The molecule has 2 aromatic heterocycles. The van der Waals surface area contributed by atoms with Crippen molar-refractivity contribution in [2.75, 3.05) is 11.4 Å². The van der Waals surface area contributed by atoms with Crippen molar-refractivity contribution >= 4 is 27.4 Å². The van der Waals surface area contributed by atoms with Gasteiger partial charge in [0.1, 0.15) is 5.65 Å². The Morgan fingerprint density at radius 2 is 2.21 bits per heavy atom. The Hall–Kier alpha value is -1.03. The normalized spacial score (nSPS) is 24.1. The number of imidazole rings is 1. The zero-order valence-corrected chi connectivity index (χ0v) is 13.1. The van der Waals surface area contributed by atoms with Gasteiger partial charge in [-0.1, -0.05) is 28.9 Å². The van der Waals surface area contributed by atoms with E-state index in [0.717, 1.165) is 29.3 Å². The number of pyridine rings is 1. The topological polar surface area (TPSA) is 20.5 Å². The number of fused-ring (bicyclic) bond motifs is 1. The Kier molecular flexibility index (Phi) is 3.52. The van der Waals surface area contributed by atoms with Crippen LogP contribution in [0.4, 0.5) is 5.82 Å². The van der Waals surface area contributed by atoms with Crippen molar-refractivity contribution in [3.63, 3.8) is 0 Å². The summed E-state index contributed by atoms with van der Waals surface area (Å²) in [6.07, 6.45) is 4.62. The van der Waals surface area contributed by atoms with Crippen LogP contribution >= 0.6 is 15.9 Å². The fourth-order valence-corrected chi connectivity index (χ4v) is 3.63. The van der Waals surface area contributed by atoms with Gasteiger partial charge in [0.05, 0.1) is 5.69 Å². The van der Waals surface area contributed by atoms with Crippen LogP contribution in [0.1, 0.15) is 32.4 Å². The van der Waals surface area contributed by atoms with Gasteiger partial charge in [-0.25, -0.2) is 4.98 Å². The smallest absolute Gasteiger partial charge is 0.152 e. The molecule has 3 rings (SSSR count). The van der Waals surface area contributed by atoms with E-state index in [2.05, 4.69) is 57.4 Å². The number of hydrogen-bond donors (Lipinski definition) is 0. The highest BCUT2D eigenvalue weighted by Gasteiger charge is 2.27. The van der Waals surface area contributed by atoms with Crippen LogP contribution in [-0.4, -0.2) is 22.0 Å². The standard InChI is InChI=1S/C15H20BrN3/c1-11-6-8-18(12(2)9-11)15-13(10-16)19-7-4-3-5-14(19)17-15/h3-5,7,11-12H,6,8-10H2,1-2H3. The highest BCUT2D eigenvalue weighted by atomic mass is 79.9. The monoisotopic (exact) mass is 321 g/mol. The number of alkyl halides is 1. The third-order valence-electron chi connectivity index (χ3n) is 4.14. The van der Waals surface area contributed by atoms with E-state index in [0.29, 0.717) is 6.04 Å². The first kappa shape index (κ1) is 13.0. The lowest BCUT2D eigenvalue weighted by atomic mass is 9.93. The molecular formula is C15H20BrN3. The fourth-order valence-electron chi connectivity index (χ4n) is 3.11. The molecule has 0 bridgehead atoms. The van der Waals surface area contributed by atoms with Crippen molar-refractivity contribution in [2.45, 2.75) is 38.1 Å². The molecule has 0 radical (unpaired) electrons. The zero-order chi connectivity index (χ0) is 13.4. The molecule has 19 heavy (non-hydrogen) atoms. The summed E-state index contributed by atoms with van der Waals surface area (Å²) in [5, 5.41) is 0.840. The predicted molar refractivity (Wildman–Crippen MR) is 83.0 cm³/mol. The van der Waals surface area contributed by atoms with E-state index in [1.807, 2.05) is 6.07 Å². The lowest BCUT2D eigenvalue weighted by Gasteiger charge is -2.37. The van der Waals surface area contributed by atoms with Crippen molar-refractivity contribution in [1.29, 1.82) is 0 Å². The maximum Gasteiger partial charge on any atom is 0.152 e. The number of halogens is 1. The minimum Gasteiger partial charge on any atom is -0.352 e. The average molecular weight is 322 g/mol. The van der Waals surface area contributed by atoms with E-state index in [1.165, 1.54) is 18.5 Å². The molecule has 0 amide bonds. The largest absolute Gasteiger partial charge is 0.352 e. The lowest BCUT2D eigenvalue weighted by Crippen LogP contribution is -2.40. The van der Waals surface area contributed by atoms with Crippen LogP contribution in [0.25, 0.3) is 5.65 Å². The van der Waals surface area contributed by atoms with Gasteiger partial charge in [-0.05, 0) is 37.8 Å². The molecule has 1 aliphatic heterocycles. The summed E-state index contributed by atoms with van der Waals surface area (Å²) in [6, 6.07) is 6.76. The molecule has 2 unspecified atom stereocenters. The molecule has 4 heteroatoms. The van der Waals surface area contributed by atoms with E-state index in [4.69, 9.17) is 4.98 Å². The molecule has 102 valence electrons. The van der Waals surface area contributed by atoms with Crippen LogP contribution in [-0.2, 0) is 5.33 Å². The number of piperidine rings is 1. The van der Waals surface area contributed by atoms with Gasteiger partial charge >= 0.3 is 0 Å². The van der Waals surface area contributed by atoms with Crippen molar-refractivity contribution in [3.8, 4) is 0 Å². The first-order chi connectivity index (χ1) is 9.20. The van der Waals surface area contributed by atoms with Gasteiger partial charge in [-0.2, -0.15) is 0 Å². The van der Waals surface area contributed by atoms with E-state index in [9.17, 15) is 0 Å². The molecule has 1 fully saturated rings. The molecule has 0 N–H and O–H groups in total. The molecule has 3 heterocycles. The van der Waals surface area contributed by atoms with E-state index < -0.39 is 0 Å². The highest BCUT2D eigenvalue weighted by Crippen LogP contribution is 2.31. The SMILES string of the molecule is CC1CCN(c2nc3ccccn3c2CBr)C(C)C1. The van der Waals surface area contributed by atoms with E-state index in [-0.39, 0.29) is 0 Å². The fraction of sp³-hybridized carbons (Fsp3) is 0.533. The Balaban J connectivity index is 2.04. The second-order valence-electron chi connectivity index (χ2n) is 5.62. The van der Waals surface area contributed by atoms with Crippen molar-refractivity contribution < 1.29 is 0 Å². The number of anilines is 1. The van der Waals surface area contributed by atoms with Crippen LogP contribution in [0, 0.1) is 5.92 Å². The van der Waals surface area contributed by atoms with Gasteiger partial charge < -0.3 is 9.30 Å². The molecule has 2 atom stereocenters. The Bertz CT molecular complexity index is 578. The molecule has 3 nitrogen and oxygen atoms in total. The van der Waals surface area contributed by atoms with Gasteiger partial charge in [0, 0.05) is 24.1 Å². The van der Waals surface area contributed by atoms with Crippen LogP contribution in [0.2, 0.25) is 0 Å². The van der Waals surface area contributed by atoms with Crippen LogP contribution < -0.4 is 4.90 Å². The second kappa shape index (κ2) is 5.16. The third-order valence-corrected chi connectivity index (χ3v) is 4.68. The van der Waals surface area contributed by atoms with Gasteiger partial charge in [-0.15, -0.1) is 0 Å². The molecule has 2 aromatic rings. The minimum absolute atomic E-state index is 0.575. The first-order valence-corrected chi connectivity index (χ1v) is 8.11. The maximum atomic E-state index is 4.84.